The van der Waals surface area contributed by atoms with E-state index in [-0.39, 0.29) is 30.6 Å². The highest BCUT2D eigenvalue weighted by Gasteiger charge is 2.32. The molecule has 190 valence electrons. The molecule has 1 fully saturated rings. The number of carbonyl (C=O) groups excluding carboxylic acids is 4. The van der Waals surface area contributed by atoms with Gasteiger partial charge < -0.3 is 10.1 Å². The maximum absolute atomic E-state index is 15.0. The number of carbonyl (C=O) groups is 4. The van der Waals surface area contributed by atoms with Gasteiger partial charge in [-0.2, -0.15) is 0 Å². The zero-order valence-electron chi connectivity index (χ0n) is 20.4. The minimum absolute atomic E-state index is 0.00562. The molecule has 2 aromatic rings. The van der Waals surface area contributed by atoms with Crippen LogP contribution in [0.15, 0.2) is 78.4 Å². The number of benzene rings is 2. The van der Waals surface area contributed by atoms with Crippen LogP contribution in [0.3, 0.4) is 0 Å². The molecule has 2 amide bonds. The standard InChI is InChI=1S/C29H27FN2O5/c1-19(33)31-17-25-18-32(29(36)37-25)23-12-15-26(27(30)16-23)21-9-6-20(7-10-21)8-13-24(34)14-11-22-4-2-3-5-28(22)35/h2-4,6-7,9-12,14-16,25H,5,8,13,17-18H2,1H3,(H,31,33)/b14-11+/t25-/m0/s1. The van der Waals surface area contributed by atoms with Crippen molar-refractivity contribution in [2.24, 2.45) is 0 Å². The van der Waals surface area contributed by atoms with E-state index in [1.54, 1.807) is 48.6 Å². The summed E-state index contributed by atoms with van der Waals surface area (Å²) in [5.74, 6) is -0.782. The Morgan fingerprint density at radius 3 is 2.65 bits per heavy atom. The van der Waals surface area contributed by atoms with Crippen molar-refractivity contribution in [3.8, 4) is 11.1 Å². The minimum Gasteiger partial charge on any atom is -0.442 e. The maximum atomic E-state index is 15.0. The van der Waals surface area contributed by atoms with Crippen LogP contribution in [0.4, 0.5) is 14.9 Å². The summed E-state index contributed by atoms with van der Waals surface area (Å²) in [5.41, 5.74) is 2.89. The average molecular weight is 503 g/mol. The molecule has 0 unspecified atom stereocenters. The van der Waals surface area contributed by atoms with Crippen LogP contribution in [0.2, 0.25) is 0 Å². The number of ketones is 2. The molecule has 1 N–H and O–H groups in total. The van der Waals surface area contributed by atoms with Gasteiger partial charge in [0.15, 0.2) is 11.6 Å². The van der Waals surface area contributed by atoms with Gasteiger partial charge in [-0.15, -0.1) is 0 Å². The van der Waals surface area contributed by atoms with Crippen LogP contribution >= 0.6 is 0 Å². The lowest BCUT2D eigenvalue weighted by Gasteiger charge is -2.14. The summed E-state index contributed by atoms with van der Waals surface area (Å²) in [6.07, 6.45) is 8.36. The zero-order valence-corrected chi connectivity index (χ0v) is 20.4. The van der Waals surface area contributed by atoms with E-state index in [2.05, 4.69) is 5.32 Å². The summed E-state index contributed by atoms with van der Waals surface area (Å²) < 4.78 is 20.2. The van der Waals surface area contributed by atoms with E-state index < -0.39 is 18.0 Å². The van der Waals surface area contributed by atoms with Gasteiger partial charge in [-0.1, -0.05) is 42.5 Å². The van der Waals surface area contributed by atoms with Gasteiger partial charge in [0.05, 0.1) is 18.8 Å². The van der Waals surface area contributed by atoms with Crippen LogP contribution in [0.5, 0.6) is 0 Å². The number of rotatable bonds is 9. The summed E-state index contributed by atoms with van der Waals surface area (Å²) in [5, 5.41) is 2.61. The smallest absolute Gasteiger partial charge is 0.414 e. The number of hydrogen-bond donors (Lipinski definition) is 1. The van der Waals surface area contributed by atoms with Gasteiger partial charge >= 0.3 is 6.09 Å². The summed E-state index contributed by atoms with van der Waals surface area (Å²) in [4.78, 5) is 48.6. The van der Waals surface area contributed by atoms with E-state index in [1.165, 1.54) is 24.0 Å². The summed E-state index contributed by atoms with van der Waals surface area (Å²) >= 11 is 0. The van der Waals surface area contributed by atoms with Crippen LogP contribution in [0.1, 0.15) is 25.3 Å². The Bertz CT molecular complexity index is 1310. The summed E-state index contributed by atoms with van der Waals surface area (Å²) in [6.45, 7) is 1.79. The number of anilines is 1. The molecule has 8 heteroatoms. The third-order valence-electron chi connectivity index (χ3n) is 6.13. The van der Waals surface area contributed by atoms with E-state index in [9.17, 15) is 23.6 Å². The third kappa shape index (κ3) is 6.67. The molecule has 2 aliphatic rings. The quantitative estimate of drug-likeness (QED) is 0.511. The van der Waals surface area contributed by atoms with Crippen LogP contribution in [-0.2, 0) is 25.5 Å². The van der Waals surface area contributed by atoms with Crippen molar-refractivity contribution in [1.29, 1.82) is 0 Å². The van der Waals surface area contributed by atoms with Crippen molar-refractivity contribution in [3.05, 3.63) is 89.8 Å². The van der Waals surface area contributed by atoms with Crippen molar-refractivity contribution < 1.29 is 28.3 Å². The lowest BCUT2D eigenvalue weighted by Crippen LogP contribution is -2.33. The normalized spacial score (nSPS) is 17.2. The van der Waals surface area contributed by atoms with Crippen molar-refractivity contribution in [1.82, 2.24) is 5.32 Å². The van der Waals surface area contributed by atoms with Crippen LogP contribution in [-0.4, -0.2) is 42.8 Å². The third-order valence-corrected chi connectivity index (χ3v) is 6.13. The lowest BCUT2D eigenvalue weighted by molar-refractivity contribution is -0.119. The summed E-state index contributed by atoms with van der Waals surface area (Å²) in [6, 6.07) is 11.8. The molecule has 1 atom stereocenters. The molecule has 4 rings (SSSR count). The number of nitrogens with one attached hydrogen (secondary N) is 1. The Hall–Kier alpha value is -4.33. The number of hydrogen-bond acceptors (Lipinski definition) is 5. The molecule has 1 aliphatic heterocycles. The molecule has 7 nitrogen and oxygen atoms in total. The van der Waals surface area contributed by atoms with Crippen molar-refractivity contribution >= 4 is 29.3 Å². The van der Waals surface area contributed by atoms with Gasteiger partial charge in [0.2, 0.25) is 5.91 Å². The van der Waals surface area contributed by atoms with Crippen LogP contribution < -0.4 is 10.2 Å². The van der Waals surface area contributed by atoms with E-state index in [0.717, 1.165) is 5.56 Å². The molecule has 37 heavy (non-hydrogen) atoms. The number of aryl methyl sites for hydroxylation is 1. The van der Waals surface area contributed by atoms with E-state index >= 15 is 0 Å². The molecule has 2 aromatic carbocycles. The molecule has 0 saturated carbocycles. The topological polar surface area (TPSA) is 92.8 Å². The number of Topliss-reactive ketones (excluding diaryl/α,β-unsaturated/α-hetero) is 1. The van der Waals surface area contributed by atoms with E-state index in [0.29, 0.717) is 41.6 Å². The highest BCUT2D eigenvalue weighted by atomic mass is 19.1. The second-order valence-electron chi connectivity index (χ2n) is 8.89. The number of cyclic esters (lactones) is 1. The monoisotopic (exact) mass is 502 g/mol. The molecular formula is C29H27FN2O5. The Morgan fingerprint density at radius 1 is 1.16 bits per heavy atom. The predicted octanol–water partition coefficient (Wildman–Crippen LogP) is 4.47. The van der Waals surface area contributed by atoms with Crippen molar-refractivity contribution in [2.75, 3.05) is 18.0 Å². The first-order valence-electron chi connectivity index (χ1n) is 12.0. The van der Waals surface area contributed by atoms with Crippen LogP contribution in [0.25, 0.3) is 11.1 Å². The molecule has 1 saturated heterocycles. The molecule has 0 spiro atoms. The fourth-order valence-electron chi connectivity index (χ4n) is 4.09. The second kappa shape index (κ2) is 11.6. The largest absolute Gasteiger partial charge is 0.442 e. The fraction of sp³-hybridized carbons (Fsp3) is 0.241. The molecular weight excluding hydrogens is 475 g/mol. The molecule has 0 radical (unpaired) electrons. The van der Waals surface area contributed by atoms with Gasteiger partial charge in [0, 0.05) is 30.9 Å². The minimum atomic E-state index is -0.588. The van der Waals surface area contributed by atoms with E-state index in [4.69, 9.17) is 4.74 Å². The van der Waals surface area contributed by atoms with Gasteiger partial charge in [-0.25, -0.2) is 9.18 Å². The first-order chi connectivity index (χ1) is 17.8. The van der Waals surface area contributed by atoms with Crippen molar-refractivity contribution in [3.63, 3.8) is 0 Å². The van der Waals surface area contributed by atoms with Gasteiger partial charge in [0.25, 0.3) is 0 Å². The molecule has 0 aromatic heterocycles. The van der Waals surface area contributed by atoms with Crippen molar-refractivity contribution in [2.45, 2.75) is 32.3 Å². The zero-order chi connectivity index (χ0) is 26.4. The average Bonchev–Trinajstić information content (AvgIpc) is 3.26. The van der Waals surface area contributed by atoms with Gasteiger partial charge in [-0.3, -0.25) is 19.3 Å². The number of amides is 2. The SMILES string of the molecule is CC(=O)NC[C@H]1CN(c2ccc(-c3ccc(CCC(=O)/C=C/C4=CC=CCC4=O)cc3)c(F)c2)C(=O)O1. The Morgan fingerprint density at radius 2 is 1.95 bits per heavy atom. The molecule has 1 aliphatic carbocycles. The fourth-order valence-corrected chi connectivity index (χ4v) is 4.09. The van der Waals surface area contributed by atoms with Crippen LogP contribution in [0, 0.1) is 5.82 Å². The highest BCUT2D eigenvalue weighted by Crippen LogP contribution is 2.29. The number of ether oxygens (including phenoxy) is 1. The Balaban J connectivity index is 1.34. The Labute approximate surface area is 214 Å². The number of nitrogens with zero attached hydrogens (tertiary/aromatic N) is 1. The molecule has 1 heterocycles. The Kier molecular flexibility index (Phi) is 8.08. The lowest BCUT2D eigenvalue weighted by atomic mass is 10.00. The maximum Gasteiger partial charge on any atom is 0.414 e. The summed E-state index contributed by atoms with van der Waals surface area (Å²) in [7, 11) is 0. The van der Waals surface area contributed by atoms with Gasteiger partial charge in [0.1, 0.15) is 11.9 Å². The molecule has 0 bridgehead atoms. The number of allylic oxidation sites excluding steroid dienone is 6. The van der Waals surface area contributed by atoms with E-state index in [1.807, 2.05) is 12.1 Å². The second-order valence-corrected chi connectivity index (χ2v) is 8.89. The first kappa shape index (κ1) is 25.8. The number of halogens is 1. The van der Waals surface area contributed by atoms with Gasteiger partial charge in [-0.05, 0) is 47.9 Å². The highest BCUT2D eigenvalue weighted by molar-refractivity contribution is 6.02. The first-order valence-corrected chi connectivity index (χ1v) is 12.0. The predicted molar refractivity (Wildman–Crippen MR) is 137 cm³/mol.